The molecule has 1 heterocycles. The summed E-state index contributed by atoms with van der Waals surface area (Å²) in [5.74, 6) is -0.166. The van der Waals surface area contributed by atoms with Gasteiger partial charge in [-0.3, -0.25) is 0 Å². The van der Waals surface area contributed by atoms with Crippen LogP contribution in [0.2, 0.25) is 0 Å². The van der Waals surface area contributed by atoms with E-state index in [2.05, 4.69) is 15.5 Å². The third-order valence-corrected chi connectivity index (χ3v) is 3.80. The quantitative estimate of drug-likeness (QED) is 0.925. The Morgan fingerprint density at radius 3 is 2.83 bits per heavy atom. The fourth-order valence-corrected chi connectivity index (χ4v) is 2.34. The van der Waals surface area contributed by atoms with Crippen LogP contribution in [0.25, 0.3) is 10.6 Å². The second-order valence-corrected chi connectivity index (χ2v) is 4.81. The first-order chi connectivity index (χ1) is 8.65. The molecule has 0 radical (unpaired) electrons. The predicted octanol–water partition coefficient (Wildman–Crippen LogP) is 2.63. The molecule has 2 aromatic rings. The molecular weight excluding hydrogens is 253 g/mol. The van der Waals surface area contributed by atoms with Crippen molar-refractivity contribution in [1.82, 2.24) is 15.5 Å². The molecule has 0 aliphatic heterocycles. The zero-order valence-electron chi connectivity index (χ0n) is 10.4. The number of ether oxygens (including phenoxy) is 1. The fraction of sp³-hybridized carbons (Fsp3) is 0.333. The van der Waals surface area contributed by atoms with Crippen LogP contribution in [0.5, 0.6) is 5.75 Å². The molecule has 0 saturated carbocycles. The lowest BCUT2D eigenvalue weighted by Gasteiger charge is -2.04. The molecule has 18 heavy (non-hydrogen) atoms. The van der Waals surface area contributed by atoms with Crippen molar-refractivity contribution in [2.24, 2.45) is 0 Å². The molecule has 0 saturated heterocycles. The van der Waals surface area contributed by atoms with Crippen molar-refractivity contribution in [1.29, 1.82) is 0 Å². The molecule has 2 rings (SSSR count). The van der Waals surface area contributed by atoms with E-state index in [1.54, 1.807) is 12.1 Å². The minimum Gasteiger partial charge on any atom is -0.494 e. The van der Waals surface area contributed by atoms with Crippen LogP contribution in [0.1, 0.15) is 18.0 Å². The van der Waals surface area contributed by atoms with Gasteiger partial charge in [0.1, 0.15) is 10.0 Å². The molecule has 0 spiro atoms. The van der Waals surface area contributed by atoms with Gasteiger partial charge in [-0.1, -0.05) is 11.3 Å². The summed E-state index contributed by atoms with van der Waals surface area (Å²) in [6, 6.07) is 4.82. The summed E-state index contributed by atoms with van der Waals surface area (Å²) in [6.07, 6.45) is 0. The lowest BCUT2D eigenvalue weighted by molar-refractivity contribution is 0.387. The van der Waals surface area contributed by atoms with E-state index in [1.807, 2.05) is 14.0 Å². The van der Waals surface area contributed by atoms with Gasteiger partial charge in [-0.2, -0.15) is 0 Å². The largest absolute Gasteiger partial charge is 0.494 e. The third-order valence-electron chi connectivity index (χ3n) is 2.64. The van der Waals surface area contributed by atoms with Crippen LogP contribution in [0.15, 0.2) is 18.2 Å². The number of hydrogen-bond acceptors (Lipinski definition) is 5. The van der Waals surface area contributed by atoms with Gasteiger partial charge in [0.05, 0.1) is 13.2 Å². The van der Waals surface area contributed by atoms with Crippen molar-refractivity contribution in [3.8, 4) is 16.3 Å². The lowest BCUT2D eigenvalue weighted by Crippen LogP contribution is -2.11. The van der Waals surface area contributed by atoms with Crippen LogP contribution in [0.4, 0.5) is 4.39 Å². The highest BCUT2D eigenvalue weighted by atomic mass is 32.1. The van der Waals surface area contributed by atoms with E-state index in [-0.39, 0.29) is 17.6 Å². The van der Waals surface area contributed by atoms with Gasteiger partial charge < -0.3 is 10.1 Å². The summed E-state index contributed by atoms with van der Waals surface area (Å²) in [5, 5.41) is 13.0. The summed E-state index contributed by atoms with van der Waals surface area (Å²) < 4.78 is 18.3. The SMILES string of the molecule is CNC(C)c1nnc(-c2ccc(F)c(OC)c2)s1. The molecule has 1 N–H and O–H groups in total. The molecule has 4 nitrogen and oxygen atoms in total. The zero-order valence-corrected chi connectivity index (χ0v) is 11.2. The molecule has 1 unspecified atom stereocenters. The Balaban J connectivity index is 2.34. The van der Waals surface area contributed by atoms with Gasteiger partial charge >= 0.3 is 0 Å². The first kappa shape index (κ1) is 12.9. The average molecular weight is 267 g/mol. The van der Waals surface area contributed by atoms with Crippen LogP contribution in [0, 0.1) is 5.82 Å². The van der Waals surface area contributed by atoms with Crippen molar-refractivity contribution in [3.05, 3.63) is 29.0 Å². The molecule has 0 bridgehead atoms. The number of nitrogens with zero attached hydrogens (tertiary/aromatic N) is 2. The number of hydrogen-bond donors (Lipinski definition) is 1. The van der Waals surface area contributed by atoms with Gasteiger partial charge in [0.2, 0.25) is 0 Å². The number of nitrogens with one attached hydrogen (secondary N) is 1. The Hall–Kier alpha value is -1.53. The minimum atomic E-state index is -0.380. The highest BCUT2D eigenvalue weighted by molar-refractivity contribution is 7.14. The van der Waals surface area contributed by atoms with Crippen molar-refractivity contribution in [3.63, 3.8) is 0 Å². The smallest absolute Gasteiger partial charge is 0.165 e. The van der Waals surface area contributed by atoms with E-state index < -0.39 is 0 Å². The molecule has 1 atom stereocenters. The second-order valence-electron chi connectivity index (χ2n) is 3.81. The summed E-state index contributed by atoms with van der Waals surface area (Å²) in [5.41, 5.74) is 0.806. The Morgan fingerprint density at radius 2 is 2.17 bits per heavy atom. The van der Waals surface area contributed by atoms with Gasteiger partial charge in [0.15, 0.2) is 11.6 Å². The van der Waals surface area contributed by atoms with E-state index in [4.69, 9.17) is 4.74 Å². The van der Waals surface area contributed by atoms with Crippen LogP contribution in [0.3, 0.4) is 0 Å². The standard InChI is InChI=1S/C12H14FN3OS/c1-7(14-2)11-15-16-12(18-11)8-4-5-9(13)10(6-8)17-3/h4-7,14H,1-3H3. The minimum absolute atomic E-state index is 0.151. The van der Waals surface area contributed by atoms with Gasteiger partial charge in [-0.05, 0) is 32.2 Å². The van der Waals surface area contributed by atoms with Crippen LogP contribution in [-0.2, 0) is 0 Å². The molecule has 1 aromatic carbocycles. The highest BCUT2D eigenvalue weighted by Crippen LogP contribution is 2.30. The van der Waals surface area contributed by atoms with E-state index in [0.717, 1.165) is 15.6 Å². The lowest BCUT2D eigenvalue weighted by atomic mass is 10.2. The molecule has 0 aliphatic rings. The summed E-state index contributed by atoms with van der Waals surface area (Å²) in [4.78, 5) is 0. The predicted molar refractivity (Wildman–Crippen MR) is 69.3 cm³/mol. The monoisotopic (exact) mass is 267 g/mol. The number of benzene rings is 1. The Labute approximate surface area is 109 Å². The zero-order chi connectivity index (χ0) is 13.1. The fourth-order valence-electron chi connectivity index (χ4n) is 1.44. The normalized spacial score (nSPS) is 12.4. The maximum Gasteiger partial charge on any atom is 0.165 e. The third kappa shape index (κ3) is 2.49. The maximum absolute atomic E-state index is 13.3. The molecule has 0 fully saturated rings. The van der Waals surface area contributed by atoms with E-state index >= 15 is 0 Å². The highest BCUT2D eigenvalue weighted by Gasteiger charge is 2.13. The van der Waals surface area contributed by atoms with Crippen molar-refractivity contribution in [2.75, 3.05) is 14.2 Å². The van der Waals surface area contributed by atoms with Crippen LogP contribution < -0.4 is 10.1 Å². The van der Waals surface area contributed by atoms with Crippen molar-refractivity contribution >= 4 is 11.3 Å². The van der Waals surface area contributed by atoms with Crippen molar-refractivity contribution < 1.29 is 9.13 Å². The van der Waals surface area contributed by atoms with Gasteiger partial charge in [0.25, 0.3) is 0 Å². The van der Waals surface area contributed by atoms with Gasteiger partial charge in [0, 0.05) is 5.56 Å². The summed E-state index contributed by atoms with van der Waals surface area (Å²) in [7, 11) is 3.31. The molecule has 96 valence electrons. The molecule has 0 amide bonds. The maximum atomic E-state index is 13.3. The van der Waals surface area contributed by atoms with E-state index in [1.165, 1.54) is 24.5 Å². The van der Waals surface area contributed by atoms with Crippen LogP contribution >= 0.6 is 11.3 Å². The van der Waals surface area contributed by atoms with Crippen molar-refractivity contribution in [2.45, 2.75) is 13.0 Å². The summed E-state index contributed by atoms with van der Waals surface area (Å²) in [6.45, 7) is 2.01. The Kier molecular flexibility index (Phi) is 3.88. The number of halogens is 1. The first-order valence-corrected chi connectivity index (χ1v) is 6.32. The molecular formula is C12H14FN3OS. The van der Waals surface area contributed by atoms with Gasteiger partial charge in [-0.25, -0.2) is 4.39 Å². The molecule has 0 aliphatic carbocycles. The second kappa shape index (κ2) is 5.41. The average Bonchev–Trinajstić information content (AvgIpc) is 2.88. The Morgan fingerprint density at radius 1 is 1.39 bits per heavy atom. The number of methoxy groups -OCH3 is 1. The Bertz CT molecular complexity index is 544. The first-order valence-electron chi connectivity index (χ1n) is 5.50. The topological polar surface area (TPSA) is 47.0 Å². The van der Waals surface area contributed by atoms with E-state index in [9.17, 15) is 4.39 Å². The van der Waals surface area contributed by atoms with E-state index in [0.29, 0.717) is 0 Å². The van der Waals surface area contributed by atoms with Gasteiger partial charge in [-0.15, -0.1) is 10.2 Å². The summed E-state index contributed by atoms with van der Waals surface area (Å²) >= 11 is 1.48. The molecule has 6 heteroatoms. The van der Waals surface area contributed by atoms with Crippen LogP contribution in [-0.4, -0.2) is 24.4 Å². The molecule has 1 aromatic heterocycles. The number of rotatable bonds is 4. The number of aromatic nitrogens is 2.